The van der Waals surface area contributed by atoms with Gasteiger partial charge in [0, 0.05) is 18.5 Å². The molecule has 1 N–H and O–H groups in total. The predicted octanol–water partition coefficient (Wildman–Crippen LogP) is -0.161. The average molecular weight is 317 g/mol. The molecule has 3 aromatic rings. The summed E-state index contributed by atoms with van der Waals surface area (Å²) in [4.78, 5) is 32.3. The number of aryl methyl sites for hydroxylation is 1. The molecule has 0 radical (unpaired) electrons. The van der Waals surface area contributed by atoms with Gasteiger partial charge in [0.15, 0.2) is 5.65 Å². The summed E-state index contributed by atoms with van der Waals surface area (Å²) in [5.74, 6) is -0.185. The molecule has 0 spiro atoms. The third-order valence-electron chi connectivity index (χ3n) is 3.35. The zero-order chi connectivity index (χ0) is 15.3. The van der Waals surface area contributed by atoms with Gasteiger partial charge >= 0.3 is 5.69 Å². The van der Waals surface area contributed by atoms with E-state index >= 15 is 0 Å². The lowest BCUT2D eigenvalue weighted by Gasteiger charge is -1.98. The van der Waals surface area contributed by atoms with Crippen molar-refractivity contribution in [3.63, 3.8) is 0 Å². The maximum absolute atomic E-state index is 12.0. The highest BCUT2D eigenvalue weighted by Gasteiger charge is 2.25. The van der Waals surface area contributed by atoms with E-state index in [0.717, 1.165) is 17.5 Å². The Morgan fingerprint density at radius 2 is 2.27 bits per heavy atom. The Balaban J connectivity index is 1.73. The number of nitrogens with zero attached hydrogens (tertiary/aromatic N) is 6. The van der Waals surface area contributed by atoms with Crippen LogP contribution < -0.4 is 11.0 Å². The van der Waals surface area contributed by atoms with E-state index in [0.29, 0.717) is 22.0 Å². The molecule has 1 amide bonds. The molecule has 1 saturated carbocycles. The van der Waals surface area contributed by atoms with E-state index in [1.165, 1.54) is 29.1 Å². The molecule has 9 nitrogen and oxygen atoms in total. The van der Waals surface area contributed by atoms with Gasteiger partial charge in [-0.05, 0) is 12.8 Å². The first-order chi connectivity index (χ1) is 10.6. The largest absolute Gasteiger partial charge is 0.352 e. The van der Waals surface area contributed by atoms with Crippen molar-refractivity contribution in [2.45, 2.75) is 18.9 Å². The number of thiazole rings is 1. The molecule has 0 aliphatic heterocycles. The van der Waals surface area contributed by atoms with E-state index in [-0.39, 0.29) is 17.6 Å². The summed E-state index contributed by atoms with van der Waals surface area (Å²) < 4.78 is 2.42. The number of carbonyl (C=O) groups excluding carboxylic acids is 1. The van der Waals surface area contributed by atoms with Crippen LogP contribution in [0.1, 0.15) is 23.3 Å². The molecule has 10 heteroatoms. The Kier molecular flexibility index (Phi) is 2.79. The Labute approximate surface area is 127 Å². The number of imidazole rings is 1. The molecule has 3 aromatic heterocycles. The standard InChI is InChI=1S/C12H11N7O2S/c1-18-12(21)19-5-13-8(9(19)16-17-18)11-15-7(4-22-11)10(20)14-6-2-3-6/h4-6H,2-3H2,1H3,(H,14,20). The first-order valence-electron chi connectivity index (χ1n) is 6.67. The van der Waals surface area contributed by atoms with Gasteiger partial charge in [-0.25, -0.2) is 19.2 Å². The predicted molar refractivity (Wildman–Crippen MR) is 77.6 cm³/mol. The third kappa shape index (κ3) is 2.08. The zero-order valence-corrected chi connectivity index (χ0v) is 12.4. The second kappa shape index (κ2) is 4.70. The quantitative estimate of drug-likeness (QED) is 0.719. The highest BCUT2D eigenvalue weighted by Crippen LogP contribution is 2.25. The Hall–Kier alpha value is -2.62. The Morgan fingerprint density at radius 1 is 1.45 bits per heavy atom. The fourth-order valence-corrected chi connectivity index (χ4v) is 2.80. The van der Waals surface area contributed by atoms with Crippen molar-refractivity contribution in [1.82, 2.24) is 34.7 Å². The molecule has 1 fully saturated rings. The van der Waals surface area contributed by atoms with Crippen LogP contribution in [0.2, 0.25) is 0 Å². The van der Waals surface area contributed by atoms with Gasteiger partial charge in [-0.2, -0.15) is 4.68 Å². The van der Waals surface area contributed by atoms with Crippen molar-refractivity contribution in [2.75, 3.05) is 0 Å². The van der Waals surface area contributed by atoms with Crippen LogP contribution in [0.3, 0.4) is 0 Å². The van der Waals surface area contributed by atoms with Crippen LogP contribution in [0.4, 0.5) is 0 Å². The van der Waals surface area contributed by atoms with Gasteiger partial charge < -0.3 is 5.32 Å². The Morgan fingerprint density at radius 3 is 3.05 bits per heavy atom. The lowest BCUT2D eigenvalue weighted by molar-refractivity contribution is 0.0947. The van der Waals surface area contributed by atoms with Crippen molar-refractivity contribution in [3.8, 4) is 10.7 Å². The van der Waals surface area contributed by atoms with Crippen LogP contribution in [0, 0.1) is 0 Å². The van der Waals surface area contributed by atoms with Crippen molar-refractivity contribution in [3.05, 3.63) is 27.9 Å². The van der Waals surface area contributed by atoms with Gasteiger partial charge in [-0.15, -0.1) is 16.4 Å². The first kappa shape index (κ1) is 13.1. The molecular weight excluding hydrogens is 306 g/mol. The van der Waals surface area contributed by atoms with E-state index in [4.69, 9.17) is 0 Å². The van der Waals surface area contributed by atoms with Crippen molar-refractivity contribution >= 4 is 22.9 Å². The SMILES string of the molecule is Cn1nnc2c(-c3nc(C(=O)NC4CC4)cs3)ncn2c1=O. The number of hydrogen-bond donors (Lipinski definition) is 1. The van der Waals surface area contributed by atoms with Crippen molar-refractivity contribution in [2.24, 2.45) is 7.05 Å². The van der Waals surface area contributed by atoms with E-state index < -0.39 is 0 Å². The summed E-state index contributed by atoms with van der Waals surface area (Å²) in [6.45, 7) is 0. The molecule has 112 valence electrons. The number of nitrogens with one attached hydrogen (secondary N) is 1. The molecule has 0 bridgehead atoms. The number of hydrogen-bond acceptors (Lipinski definition) is 7. The van der Waals surface area contributed by atoms with E-state index in [1.807, 2.05) is 0 Å². The summed E-state index contributed by atoms with van der Waals surface area (Å²) in [7, 11) is 1.51. The maximum atomic E-state index is 12.0. The Bertz CT molecular complexity index is 936. The number of carbonyl (C=O) groups is 1. The van der Waals surface area contributed by atoms with Crippen molar-refractivity contribution < 1.29 is 4.79 Å². The second-order valence-corrected chi connectivity index (χ2v) is 5.93. The number of fused-ring (bicyclic) bond motifs is 1. The molecule has 0 unspecified atom stereocenters. The second-order valence-electron chi connectivity index (χ2n) is 5.07. The summed E-state index contributed by atoms with van der Waals surface area (Å²) >= 11 is 1.28. The normalized spacial score (nSPS) is 14.4. The van der Waals surface area contributed by atoms with E-state index in [2.05, 4.69) is 25.6 Å². The topological polar surface area (TPSA) is 107 Å². The van der Waals surface area contributed by atoms with Crippen LogP contribution in [0.25, 0.3) is 16.3 Å². The van der Waals surface area contributed by atoms with Crippen LogP contribution in [0.15, 0.2) is 16.5 Å². The average Bonchev–Trinajstić information content (AvgIpc) is 3.04. The smallest absolute Gasteiger partial charge is 0.348 e. The highest BCUT2D eigenvalue weighted by atomic mass is 32.1. The van der Waals surface area contributed by atoms with Crippen LogP contribution in [-0.4, -0.2) is 41.3 Å². The molecule has 0 aromatic carbocycles. The van der Waals surface area contributed by atoms with Crippen molar-refractivity contribution in [1.29, 1.82) is 0 Å². The lowest BCUT2D eigenvalue weighted by Crippen LogP contribution is -2.27. The monoisotopic (exact) mass is 317 g/mol. The van der Waals surface area contributed by atoms with Gasteiger partial charge in [-0.3, -0.25) is 4.79 Å². The highest BCUT2D eigenvalue weighted by molar-refractivity contribution is 7.13. The van der Waals surface area contributed by atoms with Gasteiger partial charge in [-0.1, -0.05) is 5.21 Å². The van der Waals surface area contributed by atoms with Gasteiger partial charge in [0.05, 0.1) is 0 Å². The van der Waals surface area contributed by atoms with Crippen LogP contribution >= 0.6 is 11.3 Å². The maximum Gasteiger partial charge on any atom is 0.352 e. The van der Waals surface area contributed by atoms with Crippen LogP contribution in [0.5, 0.6) is 0 Å². The van der Waals surface area contributed by atoms with E-state index in [1.54, 1.807) is 5.38 Å². The molecule has 1 aliphatic rings. The molecule has 0 saturated heterocycles. The summed E-state index contributed by atoms with van der Waals surface area (Å²) in [6, 6.07) is 0.278. The molecular formula is C12H11N7O2S. The minimum atomic E-state index is -0.341. The zero-order valence-electron chi connectivity index (χ0n) is 11.6. The summed E-state index contributed by atoms with van der Waals surface area (Å²) in [6.07, 6.45) is 3.42. The number of amides is 1. The van der Waals surface area contributed by atoms with Gasteiger partial charge in [0.1, 0.15) is 22.7 Å². The minimum absolute atomic E-state index is 0.185. The fourth-order valence-electron chi connectivity index (χ4n) is 2.01. The summed E-state index contributed by atoms with van der Waals surface area (Å²) in [5.41, 5.74) is 0.782. The van der Waals surface area contributed by atoms with Crippen LogP contribution in [-0.2, 0) is 7.05 Å². The minimum Gasteiger partial charge on any atom is -0.348 e. The number of rotatable bonds is 3. The molecule has 3 heterocycles. The molecule has 0 atom stereocenters. The lowest BCUT2D eigenvalue weighted by atomic mass is 10.4. The van der Waals surface area contributed by atoms with Gasteiger partial charge in [0.25, 0.3) is 5.91 Å². The van der Waals surface area contributed by atoms with E-state index in [9.17, 15) is 9.59 Å². The number of aromatic nitrogens is 6. The van der Waals surface area contributed by atoms with Gasteiger partial charge in [0.2, 0.25) is 0 Å². The molecule has 22 heavy (non-hydrogen) atoms. The first-order valence-corrected chi connectivity index (χ1v) is 7.55. The molecule has 4 rings (SSSR count). The molecule has 1 aliphatic carbocycles. The summed E-state index contributed by atoms with van der Waals surface area (Å²) in [5, 5.41) is 12.8. The third-order valence-corrected chi connectivity index (χ3v) is 4.20. The fraction of sp³-hybridized carbons (Fsp3) is 0.333.